The predicted molar refractivity (Wildman–Crippen MR) is 161 cm³/mol. The Balaban J connectivity index is 0.000000698. The Bertz CT molecular complexity index is 2020. The Morgan fingerprint density at radius 1 is 0.959 bits per heavy atom. The SMILES string of the molecule is O=C(O)C(F)(F)F.O=C1CC(c2ccc(CC(NS(=O)(=O)c3cccc(C(F)(F)F)c3)c3ncc(Cc4ccccc4)[nH]3)cc2)S(=O)(=O)N1. The Morgan fingerprint density at radius 3 is 2.14 bits per heavy atom. The van der Waals surface area contributed by atoms with Crippen LogP contribution in [-0.4, -0.2) is 50.0 Å². The molecule has 0 radical (unpaired) electrons. The standard InChI is InChI=1S/C28H25F3N4O5S2.C2HF3O2/c29-28(30,31)21-7-4-8-23(15-21)41(37,38)34-24(27-32-17-22(33-27)13-18-5-2-1-3-6-18)14-19-9-11-20(12-10-19)25-16-26(36)35-42(25,39)40;3-2(4,5)1(6)7/h1-12,15,17,24-25,34H,13-14,16H2,(H,32,33)(H,35,36);(H,6,7). The lowest BCUT2D eigenvalue weighted by molar-refractivity contribution is -0.192. The van der Waals surface area contributed by atoms with E-state index in [2.05, 4.69) is 14.7 Å². The summed E-state index contributed by atoms with van der Waals surface area (Å²) < 4.78 is 127. The van der Waals surface area contributed by atoms with Gasteiger partial charge in [0.2, 0.25) is 26.0 Å². The van der Waals surface area contributed by atoms with Crippen molar-refractivity contribution in [3.63, 3.8) is 0 Å². The summed E-state index contributed by atoms with van der Waals surface area (Å²) in [4.78, 5) is 27.4. The van der Waals surface area contributed by atoms with E-state index in [9.17, 15) is 48.0 Å². The number of hydrogen-bond acceptors (Lipinski definition) is 7. The van der Waals surface area contributed by atoms with Crippen LogP contribution < -0.4 is 9.44 Å². The molecular formula is C30H26F6N4O7S2. The van der Waals surface area contributed by atoms with Gasteiger partial charge in [0.1, 0.15) is 11.1 Å². The highest BCUT2D eigenvalue weighted by Crippen LogP contribution is 2.32. The number of rotatable bonds is 9. The lowest BCUT2D eigenvalue weighted by Gasteiger charge is -2.18. The minimum absolute atomic E-state index is 0.0331. The third-order valence-corrected chi connectivity index (χ3v) is 10.2. The van der Waals surface area contributed by atoms with Crippen LogP contribution in [0.4, 0.5) is 26.3 Å². The Kier molecular flexibility index (Phi) is 10.9. The molecular weight excluding hydrogens is 706 g/mol. The fraction of sp³-hybridized carbons (Fsp3) is 0.233. The van der Waals surface area contributed by atoms with Gasteiger partial charge in [-0.15, -0.1) is 0 Å². The Morgan fingerprint density at radius 2 is 1.59 bits per heavy atom. The number of aromatic amines is 1. The molecule has 1 aliphatic heterocycles. The van der Waals surface area contributed by atoms with E-state index >= 15 is 0 Å². The second kappa shape index (κ2) is 14.4. The Labute approximate surface area is 275 Å². The monoisotopic (exact) mass is 732 g/mol. The van der Waals surface area contributed by atoms with Crippen molar-refractivity contribution in [3.8, 4) is 0 Å². The maximum absolute atomic E-state index is 13.3. The van der Waals surface area contributed by atoms with Crippen LogP contribution in [0.1, 0.15) is 51.5 Å². The van der Waals surface area contributed by atoms with Gasteiger partial charge in [-0.25, -0.2) is 31.3 Å². The fourth-order valence-electron chi connectivity index (χ4n) is 4.70. The molecule has 0 aliphatic carbocycles. The van der Waals surface area contributed by atoms with Crippen molar-refractivity contribution in [1.29, 1.82) is 0 Å². The maximum atomic E-state index is 13.3. The van der Waals surface area contributed by atoms with E-state index in [1.807, 2.05) is 35.1 Å². The largest absolute Gasteiger partial charge is 0.490 e. The van der Waals surface area contributed by atoms with E-state index in [4.69, 9.17) is 9.90 Å². The molecule has 11 nitrogen and oxygen atoms in total. The summed E-state index contributed by atoms with van der Waals surface area (Å²) in [7, 11) is -8.28. The van der Waals surface area contributed by atoms with Crippen molar-refractivity contribution in [1.82, 2.24) is 19.4 Å². The summed E-state index contributed by atoms with van der Waals surface area (Å²) >= 11 is 0. The van der Waals surface area contributed by atoms with E-state index in [0.29, 0.717) is 29.3 Å². The number of nitrogens with one attached hydrogen (secondary N) is 3. The highest BCUT2D eigenvalue weighted by molar-refractivity contribution is 7.90. The van der Waals surface area contributed by atoms with E-state index in [1.54, 1.807) is 30.5 Å². The number of amides is 1. The number of H-pyrrole nitrogens is 1. The summed E-state index contributed by atoms with van der Waals surface area (Å²) in [6, 6.07) is 18.2. The topological polar surface area (TPSA) is 175 Å². The van der Waals surface area contributed by atoms with Gasteiger partial charge < -0.3 is 10.1 Å². The first-order chi connectivity index (χ1) is 22.7. The second-order valence-corrected chi connectivity index (χ2v) is 14.2. The molecule has 19 heteroatoms. The summed E-state index contributed by atoms with van der Waals surface area (Å²) in [5.41, 5.74) is 1.56. The van der Waals surface area contributed by atoms with Crippen molar-refractivity contribution >= 4 is 31.9 Å². The second-order valence-electron chi connectivity index (χ2n) is 10.7. The molecule has 49 heavy (non-hydrogen) atoms. The van der Waals surface area contributed by atoms with Gasteiger partial charge in [0, 0.05) is 18.3 Å². The maximum Gasteiger partial charge on any atom is 0.490 e. The molecule has 2 heterocycles. The quantitative estimate of drug-likeness (QED) is 0.178. The van der Waals surface area contributed by atoms with Gasteiger partial charge in [-0.05, 0) is 41.3 Å². The van der Waals surface area contributed by atoms with Crippen LogP contribution in [0, 0.1) is 0 Å². The number of benzene rings is 3. The number of hydrogen-bond donors (Lipinski definition) is 4. The average molecular weight is 733 g/mol. The molecule has 4 aromatic rings. The zero-order valence-electron chi connectivity index (χ0n) is 24.8. The normalized spacial score (nSPS) is 16.7. The highest BCUT2D eigenvalue weighted by Gasteiger charge is 2.39. The minimum Gasteiger partial charge on any atom is -0.475 e. The number of sulfonamides is 2. The predicted octanol–water partition coefficient (Wildman–Crippen LogP) is 4.81. The zero-order valence-corrected chi connectivity index (χ0v) is 26.4. The highest BCUT2D eigenvalue weighted by atomic mass is 32.2. The van der Waals surface area contributed by atoms with E-state index in [0.717, 1.165) is 23.8 Å². The summed E-state index contributed by atoms with van der Waals surface area (Å²) in [6.45, 7) is 0. The number of aliphatic carboxylic acids is 1. The van der Waals surface area contributed by atoms with Crippen LogP contribution in [0.5, 0.6) is 0 Å². The van der Waals surface area contributed by atoms with E-state index < -0.39 is 66.0 Å². The van der Waals surface area contributed by atoms with Gasteiger partial charge in [0.25, 0.3) is 0 Å². The average Bonchev–Trinajstić information content (AvgIpc) is 3.59. The molecule has 2 atom stereocenters. The van der Waals surface area contributed by atoms with Gasteiger partial charge in [-0.3, -0.25) is 9.52 Å². The molecule has 0 spiro atoms. The third-order valence-electron chi connectivity index (χ3n) is 7.02. The van der Waals surface area contributed by atoms with Crippen molar-refractivity contribution in [2.75, 3.05) is 0 Å². The van der Waals surface area contributed by atoms with Gasteiger partial charge in [0.15, 0.2) is 0 Å². The molecule has 4 N–H and O–H groups in total. The first-order valence-electron chi connectivity index (χ1n) is 14.0. The van der Waals surface area contributed by atoms with Crippen LogP contribution in [0.3, 0.4) is 0 Å². The van der Waals surface area contributed by atoms with Gasteiger partial charge >= 0.3 is 18.3 Å². The van der Waals surface area contributed by atoms with Crippen molar-refractivity contribution in [3.05, 3.63) is 119 Å². The van der Waals surface area contributed by atoms with Crippen LogP contribution >= 0.6 is 0 Å². The van der Waals surface area contributed by atoms with Crippen molar-refractivity contribution < 1.29 is 57.9 Å². The molecule has 1 fully saturated rings. The molecule has 1 aromatic heterocycles. The summed E-state index contributed by atoms with van der Waals surface area (Å²) in [5, 5.41) is 6.08. The lowest BCUT2D eigenvalue weighted by atomic mass is 10.0. The number of carboxylic acids is 1. The van der Waals surface area contributed by atoms with Gasteiger partial charge in [0.05, 0.1) is 22.9 Å². The minimum atomic E-state index is -5.08. The number of carbonyl (C=O) groups excluding carboxylic acids is 1. The van der Waals surface area contributed by atoms with Crippen LogP contribution in [0.2, 0.25) is 0 Å². The molecule has 3 aromatic carbocycles. The first kappa shape index (κ1) is 37.1. The van der Waals surface area contributed by atoms with Gasteiger partial charge in [-0.1, -0.05) is 60.7 Å². The fourth-order valence-corrected chi connectivity index (χ4v) is 7.37. The van der Waals surface area contributed by atoms with Crippen molar-refractivity contribution in [2.24, 2.45) is 0 Å². The van der Waals surface area contributed by atoms with Gasteiger partial charge in [-0.2, -0.15) is 26.3 Å². The number of aromatic nitrogens is 2. The number of halogens is 6. The number of imidazole rings is 1. The number of nitrogens with zero attached hydrogens (tertiary/aromatic N) is 1. The third kappa shape index (κ3) is 9.89. The van der Waals surface area contributed by atoms with Crippen LogP contribution in [0.15, 0.2) is 90.0 Å². The van der Waals surface area contributed by atoms with Crippen molar-refractivity contribution in [2.45, 2.75) is 47.8 Å². The molecule has 1 aliphatic rings. The van der Waals surface area contributed by atoms with Crippen LogP contribution in [0.25, 0.3) is 0 Å². The first-order valence-corrected chi connectivity index (χ1v) is 17.0. The molecule has 0 bridgehead atoms. The number of alkyl halides is 6. The molecule has 1 amide bonds. The number of carbonyl (C=O) groups is 2. The zero-order chi connectivity index (χ0) is 36.2. The van der Waals surface area contributed by atoms with Crippen LogP contribution in [-0.2, 0) is 48.7 Å². The summed E-state index contributed by atoms with van der Waals surface area (Å²) in [5.74, 6) is -3.11. The summed E-state index contributed by atoms with van der Waals surface area (Å²) in [6.07, 6.45) is -7.94. The molecule has 1 saturated heterocycles. The Hall–Kier alpha value is -4.75. The molecule has 0 saturated carbocycles. The lowest BCUT2D eigenvalue weighted by Crippen LogP contribution is -2.31. The molecule has 2 unspecified atom stereocenters. The smallest absolute Gasteiger partial charge is 0.475 e. The molecule has 262 valence electrons. The van der Waals surface area contributed by atoms with E-state index in [1.165, 1.54) is 0 Å². The van der Waals surface area contributed by atoms with E-state index in [-0.39, 0.29) is 18.7 Å². The molecule has 5 rings (SSSR count). The number of carboxylic acid groups (broad SMARTS) is 1.